The number of anilines is 1. The highest BCUT2D eigenvalue weighted by atomic mass is 35.5. The molecule has 2 aromatic rings. The van der Waals surface area contributed by atoms with Gasteiger partial charge in [0.25, 0.3) is 0 Å². The molecule has 20 heavy (non-hydrogen) atoms. The van der Waals surface area contributed by atoms with Crippen LogP contribution in [0.15, 0.2) is 48.5 Å². The van der Waals surface area contributed by atoms with Gasteiger partial charge in [0.2, 0.25) is 0 Å². The standard InChI is InChI=1S/C16H12ClN3/c17-14-7-6-13(11-19)16(10-14)20-15(8-9-18)12-4-2-1-3-5-12/h1-7,10,15,20H,8H2. The minimum atomic E-state index is -0.174. The molecule has 0 aliphatic rings. The molecule has 98 valence electrons. The summed E-state index contributed by atoms with van der Waals surface area (Å²) < 4.78 is 0. The van der Waals surface area contributed by atoms with E-state index < -0.39 is 0 Å². The van der Waals surface area contributed by atoms with Crippen LogP contribution in [0.2, 0.25) is 5.02 Å². The highest BCUT2D eigenvalue weighted by molar-refractivity contribution is 6.30. The van der Waals surface area contributed by atoms with E-state index in [4.69, 9.17) is 22.1 Å². The maximum atomic E-state index is 9.12. The first-order chi connectivity index (χ1) is 9.74. The van der Waals surface area contributed by atoms with E-state index in [0.29, 0.717) is 22.7 Å². The van der Waals surface area contributed by atoms with Crippen LogP contribution in [0.25, 0.3) is 0 Å². The Kier molecular flexibility index (Phi) is 4.60. The van der Waals surface area contributed by atoms with Crippen molar-refractivity contribution in [3.8, 4) is 12.1 Å². The first-order valence-electron chi connectivity index (χ1n) is 6.12. The zero-order valence-electron chi connectivity index (χ0n) is 10.7. The quantitative estimate of drug-likeness (QED) is 0.910. The topological polar surface area (TPSA) is 59.6 Å². The summed E-state index contributed by atoms with van der Waals surface area (Å²) in [5.74, 6) is 0. The second kappa shape index (κ2) is 6.61. The Morgan fingerprint density at radius 3 is 2.50 bits per heavy atom. The molecule has 0 aromatic heterocycles. The largest absolute Gasteiger partial charge is 0.376 e. The summed E-state index contributed by atoms with van der Waals surface area (Å²) in [5, 5.41) is 21.9. The van der Waals surface area contributed by atoms with E-state index in [1.807, 2.05) is 30.3 Å². The van der Waals surface area contributed by atoms with Crippen LogP contribution in [0.3, 0.4) is 0 Å². The van der Waals surface area contributed by atoms with Crippen molar-refractivity contribution in [2.45, 2.75) is 12.5 Å². The Hall–Kier alpha value is -2.49. The lowest BCUT2D eigenvalue weighted by atomic mass is 10.0. The number of halogens is 1. The van der Waals surface area contributed by atoms with Gasteiger partial charge in [-0.3, -0.25) is 0 Å². The molecule has 0 saturated heterocycles. The van der Waals surface area contributed by atoms with Crippen molar-refractivity contribution in [2.24, 2.45) is 0 Å². The van der Waals surface area contributed by atoms with E-state index in [0.717, 1.165) is 5.56 Å². The van der Waals surface area contributed by atoms with Gasteiger partial charge < -0.3 is 5.32 Å². The summed E-state index contributed by atoms with van der Waals surface area (Å²) in [5.41, 5.74) is 2.15. The van der Waals surface area contributed by atoms with Gasteiger partial charge in [0.1, 0.15) is 6.07 Å². The van der Waals surface area contributed by atoms with Gasteiger partial charge in [-0.1, -0.05) is 41.9 Å². The summed E-state index contributed by atoms with van der Waals surface area (Å²) in [6, 6.07) is 18.8. The molecular formula is C16H12ClN3. The fraction of sp³-hybridized carbons (Fsp3) is 0.125. The summed E-state index contributed by atoms with van der Waals surface area (Å²) >= 11 is 5.97. The smallest absolute Gasteiger partial charge is 0.101 e. The van der Waals surface area contributed by atoms with Gasteiger partial charge in [-0.15, -0.1) is 0 Å². The number of hydrogen-bond acceptors (Lipinski definition) is 3. The SMILES string of the molecule is N#CCC(Nc1cc(Cl)ccc1C#N)c1ccccc1. The number of hydrogen-bond donors (Lipinski definition) is 1. The fourth-order valence-electron chi connectivity index (χ4n) is 1.95. The van der Waals surface area contributed by atoms with Crippen LogP contribution in [0.1, 0.15) is 23.6 Å². The van der Waals surface area contributed by atoms with Crippen LogP contribution >= 0.6 is 11.6 Å². The summed E-state index contributed by atoms with van der Waals surface area (Å²) in [7, 11) is 0. The van der Waals surface area contributed by atoms with Gasteiger partial charge in [0.05, 0.1) is 29.8 Å². The Morgan fingerprint density at radius 2 is 1.85 bits per heavy atom. The first-order valence-corrected chi connectivity index (χ1v) is 6.50. The van der Waals surface area contributed by atoms with Crippen molar-refractivity contribution in [3.05, 3.63) is 64.7 Å². The zero-order valence-corrected chi connectivity index (χ0v) is 11.4. The number of rotatable bonds is 4. The third-order valence-electron chi connectivity index (χ3n) is 2.93. The maximum absolute atomic E-state index is 9.12. The normalized spacial score (nSPS) is 11.2. The predicted molar refractivity (Wildman–Crippen MR) is 79.2 cm³/mol. The van der Waals surface area contributed by atoms with Crippen molar-refractivity contribution in [1.82, 2.24) is 0 Å². The number of benzene rings is 2. The van der Waals surface area contributed by atoms with Crippen LogP contribution in [-0.2, 0) is 0 Å². The van der Waals surface area contributed by atoms with Gasteiger partial charge >= 0.3 is 0 Å². The van der Waals surface area contributed by atoms with Crippen molar-refractivity contribution in [1.29, 1.82) is 10.5 Å². The second-order valence-corrected chi connectivity index (χ2v) is 4.71. The molecule has 0 saturated carbocycles. The number of nitrogens with zero attached hydrogens (tertiary/aromatic N) is 2. The van der Waals surface area contributed by atoms with Crippen molar-refractivity contribution < 1.29 is 0 Å². The molecule has 0 aliphatic carbocycles. The molecule has 0 spiro atoms. The molecule has 3 nitrogen and oxygen atoms in total. The number of nitrogens with one attached hydrogen (secondary N) is 1. The monoisotopic (exact) mass is 281 g/mol. The minimum absolute atomic E-state index is 0.174. The molecule has 0 heterocycles. The lowest BCUT2D eigenvalue weighted by molar-refractivity contribution is 0.805. The molecule has 1 unspecified atom stereocenters. The lowest BCUT2D eigenvalue weighted by Gasteiger charge is -2.18. The van der Waals surface area contributed by atoms with Crippen molar-refractivity contribution in [2.75, 3.05) is 5.32 Å². The predicted octanol–water partition coefficient (Wildman–Crippen LogP) is 4.28. The second-order valence-electron chi connectivity index (χ2n) is 4.27. The average molecular weight is 282 g/mol. The third-order valence-corrected chi connectivity index (χ3v) is 3.16. The molecular weight excluding hydrogens is 270 g/mol. The summed E-state index contributed by atoms with van der Waals surface area (Å²) in [4.78, 5) is 0. The molecule has 1 N–H and O–H groups in total. The van der Waals surface area contributed by atoms with E-state index in [-0.39, 0.29) is 6.04 Å². The fourth-order valence-corrected chi connectivity index (χ4v) is 2.12. The molecule has 2 aromatic carbocycles. The molecule has 0 aliphatic heterocycles. The molecule has 1 atom stereocenters. The van der Waals surface area contributed by atoms with Crippen LogP contribution in [-0.4, -0.2) is 0 Å². The highest BCUT2D eigenvalue weighted by Crippen LogP contribution is 2.27. The molecule has 0 fully saturated rings. The molecule has 0 bridgehead atoms. The van der Waals surface area contributed by atoms with E-state index in [1.165, 1.54) is 0 Å². The van der Waals surface area contributed by atoms with Gasteiger partial charge in [0.15, 0.2) is 0 Å². The van der Waals surface area contributed by atoms with E-state index in [2.05, 4.69) is 17.5 Å². The molecule has 2 rings (SSSR count). The van der Waals surface area contributed by atoms with Gasteiger partial charge in [-0.05, 0) is 23.8 Å². The maximum Gasteiger partial charge on any atom is 0.101 e. The van der Waals surface area contributed by atoms with Crippen LogP contribution < -0.4 is 5.32 Å². The summed E-state index contributed by atoms with van der Waals surface area (Å²) in [6.45, 7) is 0. The zero-order chi connectivity index (χ0) is 14.4. The first kappa shape index (κ1) is 13.9. The number of nitriles is 2. The third kappa shape index (κ3) is 3.29. The van der Waals surface area contributed by atoms with Crippen molar-refractivity contribution >= 4 is 17.3 Å². The van der Waals surface area contributed by atoms with Crippen molar-refractivity contribution in [3.63, 3.8) is 0 Å². The van der Waals surface area contributed by atoms with Gasteiger partial charge in [0, 0.05) is 5.02 Å². The molecule has 0 amide bonds. The molecule has 0 radical (unpaired) electrons. The summed E-state index contributed by atoms with van der Waals surface area (Å²) in [6.07, 6.45) is 0.307. The lowest BCUT2D eigenvalue weighted by Crippen LogP contribution is -2.11. The van der Waals surface area contributed by atoms with E-state index in [1.54, 1.807) is 18.2 Å². The van der Waals surface area contributed by atoms with Gasteiger partial charge in [-0.2, -0.15) is 10.5 Å². The Labute approximate surface area is 123 Å². The van der Waals surface area contributed by atoms with Gasteiger partial charge in [-0.25, -0.2) is 0 Å². The van der Waals surface area contributed by atoms with E-state index >= 15 is 0 Å². The Bertz CT molecular complexity index is 668. The Morgan fingerprint density at radius 1 is 1.10 bits per heavy atom. The van der Waals surface area contributed by atoms with E-state index in [9.17, 15) is 0 Å². The highest BCUT2D eigenvalue weighted by Gasteiger charge is 2.13. The molecule has 4 heteroatoms. The van der Waals surface area contributed by atoms with Crippen LogP contribution in [0.4, 0.5) is 5.69 Å². The van der Waals surface area contributed by atoms with Crippen LogP contribution in [0.5, 0.6) is 0 Å². The Balaban J connectivity index is 2.32. The minimum Gasteiger partial charge on any atom is -0.376 e. The average Bonchev–Trinajstić information content (AvgIpc) is 2.48. The van der Waals surface area contributed by atoms with Crippen LogP contribution in [0, 0.1) is 22.7 Å².